The van der Waals surface area contributed by atoms with Crippen LogP contribution in [0, 0.1) is 12.8 Å². The summed E-state index contributed by atoms with van der Waals surface area (Å²) >= 11 is 0. The third kappa shape index (κ3) is 5.08. The van der Waals surface area contributed by atoms with E-state index < -0.39 is 9.84 Å². The first-order chi connectivity index (χ1) is 14.2. The van der Waals surface area contributed by atoms with Crippen LogP contribution < -0.4 is 0 Å². The van der Waals surface area contributed by atoms with Crippen molar-refractivity contribution in [2.45, 2.75) is 37.0 Å². The Balaban J connectivity index is 1.93. The van der Waals surface area contributed by atoms with Crippen LogP contribution in [-0.4, -0.2) is 50.0 Å². The molecular formula is C23H28N2O4S. The molecule has 1 unspecified atom stereocenters. The zero-order valence-electron chi connectivity index (χ0n) is 17.6. The third-order valence-corrected chi connectivity index (χ3v) is 6.96. The molecule has 0 spiro atoms. The zero-order valence-corrected chi connectivity index (χ0v) is 18.4. The largest absolute Gasteiger partial charge is 0.411 e. The summed E-state index contributed by atoms with van der Waals surface area (Å²) in [6, 6.07) is 15.1. The molecular weight excluding hydrogens is 400 g/mol. The van der Waals surface area contributed by atoms with Crippen LogP contribution >= 0.6 is 0 Å². The number of oxime groups is 1. The van der Waals surface area contributed by atoms with Gasteiger partial charge in [0.25, 0.3) is 0 Å². The van der Waals surface area contributed by atoms with Crippen molar-refractivity contribution < 1.29 is 18.4 Å². The molecule has 30 heavy (non-hydrogen) atoms. The Morgan fingerprint density at radius 1 is 1.13 bits per heavy atom. The standard InChI is InChI=1S/C23H28N2O4S/c1-16-4-6-17(7-5-16)21(18-8-11-20(12-9-18)30(3,28)29)14-22(24-27)19-10-13-23(26)25(2)15-19/h4-9,11-12,19,21,27H,10,13-15H2,1-3H3/t19?,21-/m1/s1. The topological polar surface area (TPSA) is 87.0 Å². The van der Waals surface area contributed by atoms with E-state index in [9.17, 15) is 18.4 Å². The number of hydrogen-bond donors (Lipinski definition) is 1. The second-order valence-corrected chi connectivity index (χ2v) is 10.1. The van der Waals surface area contributed by atoms with Crippen molar-refractivity contribution in [3.05, 3.63) is 65.2 Å². The first kappa shape index (κ1) is 22.0. The average molecular weight is 429 g/mol. The molecule has 1 aliphatic rings. The maximum Gasteiger partial charge on any atom is 0.222 e. The Morgan fingerprint density at radius 3 is 2.20 bits per heavy atom. The van der Waals surface area contributed by atoms with E-state index in [1.54, 1.807) is 24.1 Å². The van der Waals surface area contributed by atoms with Gasteiger partial charge in [-0.05, 0) is 36.6 Å². The van der Waals surface area contributed by atoms with Crippen molar-refractivity contribution in [3.8, 4) is 0 Å². The number of amides is 1. The first-order valence-electron chi connectivity index (χ1n) is 10.0. The number of piperidine rings is 1. The number of carbonyl (C=O) groups excluding carboxylic acids is 1. The number of likely N-dealkylation sites (tertiary alicyclic amines) is 1. The van der Waals surface area contributed by atoms with Gasteiger partial charge in [-0.15, -0.1) is 0 Å². The summed E-state index contributed by atoms with van der Waals surface area (Å²) in [4.78, 5) is 13.8. The van der Waals surface area contributed by atoms with E-state index in [1.165, 1.54) is 6.26 Å². The van der Waals surface area contributed by atoms with Gasteiger partial charge in [0.2, 0.25) is 5.91 Å². The molecule has 1 aliphatic heterocycles. The molecule has 160 valence electrons. The fraction of sp³-hybridized carbons (Fsp3) is 0.391. The molecule has 1 N–H and O–H groups in total. The molecule has 2 aromatic carbocycles. The molecule has 0 aliphatic carbocycles. The number of aryl methyl sites for hydroxylation is 1. The molecule has 0 saturated carbocycles. The molecule has 1 heterocycles. The summed E-state index contributed by atoms with van der Waals surface area (Å²) in [5.74, 6) is 0.0176. The van der Waals surface area contributed by atoms with E-state index in [4.69, 9.17) is 0 Å². The average Bonchev–Trinajstić information content (AvgIpc) is 2.71. The van der Waals surface area contributed by atoms with Gasteiger partial charge in [0.05, 0.1) is 10.6 Å². The quantitative estimate of drug-likeness (QED) is 0.432. The van der Waals surface area contributed by atoms with Crippen LogP contribution in [0.3, 0.4) is 0 Å². The van der Waals surface area contributed by atoms with Crippen LogP contribution in [-0.2, 0) is 14.6 Å². The minimum atomic E-state index is -3.27. The van der Waals surface area contributed by atoms with Crippen molar-refractivity contribution in [3.63, 3.8) is 0 Å². The van der Waals surface area contributed by atoms with Crippen LogP contribution in [0.1, 0.15) is 41.9 Å². The summed E-state index contributed by atoms with van der Waals surface area (Å²) < 4.78 is 23.7. The van der Waals surface area contributed by atoms with Crippen LogP contribution in [0.25, 0.3) is 0 Å². The maximum absolute atomic E-state index is 11.8. The van der Waals surface area contributed by atoms with Gasteiger partial charge < -0.3 is 10.1 Å². The highest BCUT2D eigenvalue weighted by atomic mass is 32.2. The van der Waals surface area contributed by atoms with E-state index in [0.717, 1.165) is 16.7 Å². The highest BCUT2D eigenvalue weighted by molar-refractivity contribution is 7.90. The summed E-state index contributed by atoms with van der Waals surface area (Å²) in [5, 5.41) is 13.4. The minimum absolute atomic E-state index is 0.000871. The fourth-order valence-corrected chi connectivity index (χ4v) is 4.59. The number of sulfone groups is 1. The smallest absolute Gasteiger partial charge is 0.222 e. The van der Waals surface area contributed by atoms with E-state index in [2.05, 4.69) is 17.3 Å². The lowest BCUT2D eigenvalue weighted by atomic mass is 9.82. The predicted octanol–water partition coefficient (Wildman–Crippen LogP) is 3.62. The lowest BCUT2D eigenvalue weighted by Gasteiger charge is -2.31. The molecule has 6 nitrogen and oxygen atoms in total. The monoisotopic (exact) mass is 428 g/mol. The second kappa shape index (κ2) is 9.00. The van der Waals surface area contributed by atoms with Gasteiger partial charge in [-0.1, -0.05) is 47.1 Å². The summed E-state index contributed by atoms with van der Waals surface area (Å²) in [7, 11) is -1.50. The number of benzene rings is 2. The maximum atomic E-state index is 11.8. The molecule has 7 heteroatoms. The van der Waals surface area contributed by atoms with Crippen molar-refractivity contribution in [2.24, 2.45) is 11.1 Å². The Labute approximate surface area is 178 Å². The highest BCUT2D eigenvalue weighted by Crippen LogP contribution is 2.32. The summed E-state index contributed by atoms with van der Waals surface area (Å²) in [6.07, 6.45) is 2.79. The molecule has 3 rings (SSSR count). The van der Waals surface area contributed by atoms with Crippen LogP contribution in [0.15, 0.2) is 58.6 Å². The molecule has 1 amide bonds. The van der Waals surface area contributed by atoms with Crippen molar-refractivity contribution >= 4 is 21.5 Å². The number of carbonyl (C=O) groups is 1. The van der Waals surface area contributed by atoms with Gasteiger partial charge in [0.1, 0.15) is 0 Å². The number of rotatable bonds is 6. The van der Waals surface area contributed by atoms with Crippen molar-refractivity contribution in [1.29, 1.82) is 0 Å². The molecule has 1 fully saturated rings. The second-order valence-electron chi connectivity index (χ2n) is 8.11. The van der Waals surface area contributed by atoms with E-state index in [1.807, 2.05) is 31.2 Å². The van der Waals surface area contributed by atoms with E-state index in [-0.39, 0.29) is 22.6 Å². The van der Waals surface area contributed by atoms with Gasteiger partial charge in [-0.2, -0.15) is 0 Å². The first-order valence-corrected chi connectivity index (χ1v) is 11.9. The minimum Gasteiger partial charge on any atom is -0.411 e. The molecule has 2 aromatic rings. The van der Waals surface area contributed by atoms with E-state index >= 15 is 0 Å². The highest BCUT2D eigenvalue weighted by Gasteiger charge is 2.29. The Morgan fingerprint density at radius 2 is 1.70 bits per heavy atom. The molecule has 0 bridgehead atoms. The fourth-order valence-electron chi connectivity index (χ4n) is 3.96. The zero-order chi connectivity index (χ0) is 21.9. The van der Waals surface area contributed by atoms with Gasteiger partial charge >= 0.3 is 0 Å². The number of nitrogens with zero attached hydrogens (tertiary/aromatic N) is 2. The summed E-state index contributed by atoms with van der Waals surface area (Å²) in [5.41, 5.74) is 3.82. The van der Waals surface area contributed by atoms with Crippen molar-refractivity contribution in [1.82, 2.24) is 4.90 Å². The number of hydrogen-bond acceptors (Lipinski definition) is 5. The Hall–Kier alpha value is -2.67. The SMILES string of the molecule is Cc1ccc([C@@H](CC(=NO)C2CCC(=O)N(C)C2)c2ccc(S(C)(=O)=O)cc2)cc1. The van der Waals surface area contributed by atoms with E-state index in [0.29, 0.717) is 31.5 Å². The van der Waals surface area contributed by atoms with Gasteiger partial charge in [-0.25, -0.2) is 8.42 Å². The van der Waals surface area contributed by atoms with Crippen LogP contribution in [0.5, 0.6) is 0 Å². The molecule has 2 atom stereocenters. The van der Waals surface area contributed by atoms with Gasteiger partial charge in [0, 0.05) is 44.5 Å². The third-order valence-electron chi connectivity index (χ3n) is 5.83. The van der Waals surface area contributed by atoms with Crippen molar-refractivity contribution in [2.75, 3.05) is 19.8 Å². The van der Waals surface area contributed by atoms with Crippen LogP contribution in [0.4, 0.5) is 0 Å². The van der Waals surface area contributed by atoms with Gasteiger partial charge in [0.15, 0.2) is 9.84 Å². The molecule has 0 radical (unpaired) electrons. The lowest BCUT2D eigenvalue weighted by Crippen LogP contribution is -2.40. The normalized spacial score (nSPS) is 19.0. The lowest BCUT2D eigenvalue weighted by molar-refractivity contribution is -0.132. The Kier molecular flexibility index (Phi) is 6.61. The van der Waals surface area contributed by atoms with Crippen LogP contribution in [0.2, 0.25) is 0 Å². The van der Waals surface area contributed by atoms with Gasteiger partial charge in [-0.3, -0.25) is 4.79 Å². The summed E-state index contributed by atoms with van der Waals surface area (Å²) in [6.45, 7) is 2.56. The molecule has 1 saturated heterocycles. The Bertz CT molecular complexity index is 1030. The predicted molar refractivity (Wildman–Crippen MR) is 117 cm³/mol. The molecule has 0 aromatic heterocycles.